The molecular formula is C16H15F4N3OS. The molecule has 2 heterocycles. The molecule has 2 aromatic rings. The Hall–Kier alpha value is -2.16. The van der Waals surface area contributed by atoms with E-state index in [1.807, 2.05) is 0 Å². The van der Waals surface area contributed by atoms with E-state index in [9.17, 15) is 22.4 Å². The van der Waals surface area contributed by atoms with Gasteiger partial charge in [-0.25, -0.2) is 9.37 Å². The summed E-state index contributed by atoms with van der Waals surface area (Å²) in [5.41, 5.74) is 0.732. The number of aromatic nitrogens is 1. The Kier molecular flexibility index (Phi) is 4.68. The monoisotopic (exact) mass is 373 g/mol. The van der Waals surface area contributed by atoms with Crippen molar-refractivity contribution in [2.45, 2.75) is 13.1 Å². The van der Waals surface area contributed by atoms with Gasteiger partial charge in [-0.2, -0.15) is 13.2 Å². The number of hydrogen-bond donors (Lipinski definition) is 0. The summed E-state index contributed by atoms with van der Waals surface area (Å²) in [6.07, 6.45) is -3.57. The maximum Gasteiger partial charge on any atom is 0.427 e. The zero-order valence-corrected chi connectivity index (χ0v) is 14.1. The molecule has 3 rings (SSSR count). The van der Waals surface area contributed by atoms with E-state index in [2.05, 4.69) is 4.98 Å². The van der Waals surface area contributed by atoms with Crippen LogP contribution in [0, 0.1) is 12.7 Å². The lowest BCUT2D eigenvalue weighted by atomic mass is 10.1. The highest BCUT2D eigenvalue weighted by Gasteiger charge is 2.34. The van der Waals surface area contributed by atoms with Gasteiger partial charge in [-0.15, -0.1) is 0 Å². The lowest BCUT2D eigenvalue weighted by Crippen LogP contribution is -2.48. The minimum Gasteiger partial charge on any atom is -0.345 e. The number of aryl methyl sites for hydroxylation is 1. The summed E-state index contributed by atoms with van der Waals surface area (Å²) in [4.78, 5) is 18.8. The molecule has 1 aromatic heterocycles. The van der Waals surface area contributed by atoms with Crippen LogP contribution in [0.4, 0.5) is 22.7 Å². The number of amides is 1. The van der Waals surface area contributed by atoms with Gasteiger partial charge >= 0.3 is 6.18 Å². The second kappa shape index (κ2) is 6.62. The zero-order valence-electron chi connectivity index (χ0n) is 13.3. The van der Waals surface area contributed by atoms with Crippen LogP contribution in [0.15, 0.2) is 24.4 Å². The molecule has 1 aromatic carbocycles. The molecule has 134 valence electrons. The number of halogens is 4. The van der Waals surface area contributed by atoms with Crippen LogP contribution in [0.1, 0.15) is 20.8 Å². The molecule has 0 spiro atoms. The van der Waals surface area contributed by atoms with E-state index < -0.39 is 16.9 Å². The van der Waals surface area contributed by atoms with Crippen molar-refractivity contribution in [3.8, 4) is 0 Å². The van der Waals surface area contributed by atoms with E-state index >= 15 is 0 Å². The Balaban J connectivity index is 1.64. The molecule has 1 amide bonds. The number of rotatable bonds is 2. The fraction of sp³-hybridized carbons (Fsp3) is 0.375. The first-order chi connectivity index (χ1) is 11.8. The molecule has 1 aliphatic heterocycles. The quantitative estimate of drug-likeness (QED) is 0.755. The van der Waals surface area contributed by atoms with Crippen molar-refractivity contribution in [2.24, 2.45) is 0 Å². The van der Waals surface area contributed by atoms with Crippen LogP contribution in [-0.2, 0) is 6.18 Å². The zero-order chi connectivity index (χ0) is 18.2. The van der Waals surface area contributed by atoms with Gasteiger partial charge in [0.05, 0.1) is 6.20 Å². The largest absolute Gasteiger partial charge is 0.427 e. The van der Waals surface area contributed by atoms with Crippen LogP contribution in [0.5, 0.6) is 0 Å². The average molecular weight is 373 g/mol. The molecule has 25 heavy (non-hydrogen) atoms. The number of alkyl halides is 3. The molecule has 4 nitrogen and oxygen atoms in total. The molecule has 0 saturated carbocycles. The summed E-state index contributed by atoms with van der Waals surface area (Å²) in [5, 5.41) is 0.292. The van der Waals surface area contributed by atoms with Crippen LogP contribution < -0.4 is 4.90 Å². The number of piperazine rings is 1. The highest BCUT2D eigenvalue weighted by molar-refractivity contribution is 7.15. The van der Waals surface area contributed by atoms with Gasteiger partial charge < -0.3 is 9.80 Å². The number of nitrogens with zero attached hydrogens (tertiary/aromatic N) is 3. The number of benzene rings is 1. The molecule has 0 atom stereocenters. The number of anilines is 1. The minimum absolute atomic E-state index is 0.269. The summed E-state index contributed by atoms with van der Waals surface area (Å²) >= 11 is 0.593. The predicted octanol–water partition coefficient (Wildman–Crippen LogP) is 3.57. The molecule has 0 N–H and O–H groups in total. The number of carbonyl (C=O) groups is 1. The van der Waals surface area contributed by atoms with E-state index in [4.69, 9.17) is 0 Å². The topological polar surface area (TPSA) is 36.4 Å². The van der Waals surface area contributed by atoms with Gasteiger partial charge in [0.15, 0.2) is 5.13 Å². The Morgan fingerprint density at radius 1 is 1.20 bits per heavy atom. The summed E-state index contributed by atoms with van der Waals surface area (Å²) < 4.78 is 51.6. The third-order valence-electron chi connectivity index (χ3n) is 4.03. The first-order valence-electron chi connectivity index (χ1n) is 7.59. The number of hydrogen-bond acceptors (Lipinski definition) is 4. The van der Waals surface area contributed by atoms with Crippen molar-refractivity contribution in [2.75, 3.05) is 31.1 Å². The lowest BCUT2D eigenvalue weighted by molar-refractivity contribution is -0.134. The smallest absolute Gasteiger partial charge is 0.345 e. The molecule has 0 unspecified atom stereocenters. The summed E-state index contributed by atoms with van der Waals surface area (Å²) in [5.74, 6) is -0.722. The lowest BCUT2D eigenvalue weighted by Gasteiger charge is -2.34. The summed E-state index contributed by atoms with van der Waals surface area (Å²) in [7, 11) is 0. The fourth-order valence-electron chi connectivity index (χ4n) is 2.55. The van der Waals surface area contributed by atoms with Gasteiger partial charge in [-0.1, -0.05) is 17.4 Å². The Bertz CT molecular complexity index is 782. The average Bonchev–Trinajstić information content (AvgIpc) is 3.07. The molecule has 1 fully saturated rings. The second-order valence-electron chi connectivity index (χ2n) is 5.75. The van der Waals surface area contributed by atoms with Gasteiger partial charge in [-0.05, 0) is 24.6 Å². The number of carbonyl (C=O) groups excluding carboxylic acids is 1. The van der Waals surface area contributed by atoms with Gasteiger partial charge in [0, 0.05) is 31.7 Å². The number of thiazole rings is 1. The third-order valence-corrected chi connectivity index (χ3v) is 5.13. The van der Waals surface area contributed by atoms with Crippen LogP contribution in [-0.4, -0.2) is 42.0 Å². The SMILES string of the molecule is Cc1ccc(C(=O)N2CCN(c3ncc(C(F)(F)F)s3)CC2)cc1F. The Labute approximate surface area is 145 Å². The van der Waals surface area contributed by atoms with Crippen molar-refractivity contribution in [1.82, 2.24) is 9.88 Å². The van der Waals surface area contributed by atoms with Gasteiger partial charge in [0.25, 0.3) is 5.91 Å². The van der Waals surface area contributed by atoms with E-state index in [0.29, 0.717) is 48.2 Å². The van der Waals surface area contributed by atoms with Crippen LogP contribution in [0.3, 0.4) is 0 Å². The first kappa shape index (κ1) is 17.7. The fourth-order valence-corrected chi connectivity index (χ4v) is 3.39. The third kappa shape index (κ3) is 3.76. The van der Waals surface area contributed by atoms with E-state index in [-0.39, 0.29) is 11.5 Å². The van der Waals surface area contributed by atoms with E-state index in [1.165, 1.54) is 6.07 Å². The summed E-state index contributed by atoms with van der Waals surface area (Å²) in [6, 6.07) is 4.33. The highest BCUT2D eigenvalue weighted by Crippen LogP contribution is 2.36. The maximum absolute atomic E-state index is 13.6. The van der Waals surface area contributed by atoms with Crippen LogP contribution in [0.2, 0.25) is 0 Å². The van der Waals surface area contributed by atoms with Gasteiger partial charge in [-0.3, -0.25) is 4.79 Å². The van der Waals surface area contributed by atoms with Crippen molar-refractivity contribution in [3.63, 3.8) is 0 Å². The molecular weight excluding hydrogens is 358 g/mol. The molecule has 1 aliphatic rings. The van der Waals surface area contributed by atoms with Crippen LogP contribution in [0.25, 0.3) is 0 Å². The molecule has 0 aliphatic carbocycles. The molecule has 0 bridgehead atoms. The van der Waals surface area contributed by atoms with Crippen molar-refractivity contribution < 1.29 is 22.4 Å². The van der Waals surface area contributed by atoms with Gasteiger partial charge in [0.1, 0.15) is 10.7 Å². The molecule has 9 heteroatoms. The first-order valence-corrected chi connectivity index (χ1v) is 8.41. The Morgan fingerprint density at radius 2 is 1.88 bits per heavy atom. The molecule has 0 radical (unpaired) electrons. The van der Waals surface area contributed by atoms with E-state index in [1.54, 1.807) is 28.9 Å². The van der Waals surface area contributed by atoms with Gasteiger partial charge in [0.2, 0.25) is 0 Å². The highest BCUT2D eigenvalue weighted by atomic mass is 32.1. The Morgan fingerprint density at radius 3 is 2.44 bits per heavy atom. The van der Waals surface area contributed by atoms with E-state index in [0.717, 1.165) is 6.20 Å². The van der Waals surface area contributed by atoms with Crippen molar-refractivity contribution in [3.05, 3.63) is 46.2 Å². The maximum atomic E-state index is 13.6. The predicted molar refractivity (Wildman–Crippen MR) is 86.4 cm³/mol. The van der Waals surface area contributed by atoms with Crippen LogP contribution >= 0.6 is 11.3 Å². The second-order valence-corrected chi connectivity index (χ2v) is 6.76. The minimum atomic E-state index is -4.40. The normalized spacial score (nSPS) is 15.6. The van der Waals surface area contributed by atoms with Crippen molar-refractivity contribution in [1.29, 1.82) is 0 Å². The summed E-state index contributed by atoms with van der Waals surface area (Å²) in [6.45, 7) is 3.06. The standard InChI is InChI=1S/C16H15F4N3OS/c1-10-2-3-11(8-12(10)17)14(24)22-4-6-23(7-5-22)15-21-9-13(25-15)16(18,19)20/h2-3,8-9H,4-7H2,1H3. The molecule has 1 saturated heterocycles. The van der Waals surface area contributed by atoms with Crippen molar-refractivity contribution >= 4 is 22.4 Å².